The number of sulfone groups is 1. The van der Waals surface area contributed by atoms with Crippen LogP contribution in [0.4, 0.5) is 5.69 Å². The van der Waals surface area contributed by atoms with Crippen molar-refractivity contribution in [3.63, 3.8) is 0 Å². The molecule has 1 atom stereocenters. The number of hydrogen-bond acceptors (Lipinski definition) is 6. The largest absolute Gasteiger partial charge is 0.457 e. The van der Waals surface area contributed by atoms with E-state index in [1.807, 2.05) is 0 Å². The highest BCUT2D eigenvalue weighted by molar-refractivity contribution is 7.90. The summed E-state index contributed by atoms with van der Waals surface area (Å²) >= 11 is 0. The van der Waals surface area contributed by atoms with E-state index < -0.39 is 25.9 Å². The summed E-state index contributed by atoms with van der Waals surface area (Å²) in [5, 5.41) is 2.73. The SMILES string of the molecule is CS(=O)(=O)c1ccc(Oc2ccc(NC(=O)C3CCCN3S(C)(=O)=O)cc2)cc1. The average Bonchev–Trinajstić information content (AvgIpc) is 3.13. The highest BCUT2D eigenvalue weighted by Crippen LogP contribution is 2.26. The van der Waals surface area contributed by atoms with Gasteiger partial charge in [0.1, 0.15) is 17.5 Å². The lowest BCUT2D eigenvalue weighted by molar-refractivity contribution is -0.119. The predicted octanol–water partition coefficient (Wildman–Crippen LogP) is 2.24. The quantitative estimate of drug-likeness (QED) is 0.741. The molecule has 29 heavy (non-hydrogen) atoms. The fraction of sp³-hybridized carbons (Fsp3) is 0.316. The van der Waals surface area contributed by atoms with Crippen LogP contribution in [0.5, 0.6) is 11.5 Å². The third-order valence-electron chi connectivity index (χ3n) is 4.54. The predicted molar refractivity (Wildman–Crippen MR) is 109 cm³/mol. The molecule has 0 aromatic heterocycles. The van der Waals surface area contributed by atoms with Crippen molar-refractivity contribution >= 4 is 31.5 Å². The maximum atomic E-state index is 12.5. The van der Waals surface area contributed by atoms with Gasteiger partial charge in [-0.05, 0) is 61.4 Å². The molecule has 1 aliphatic rings. The lowest BCUT2D eigenvalue weighted by Crippen LogP contribution is -2.42. The van der Waals surface area contributed by atoms with Gasteiger partial charge in [0.15, 0.2) is 9.84 Å². The number of nitrogens with one attached hydrogen (secondary N) is 1. The Hall–Kier alpha value is -2.43. The van der Waals surface area contributed by atoms with Crippen LogP contribution in [0.15, 0.2) is 53.4 Å². The van der Waals surface area contributed by atoms with Crippen molar-refractivity contribution in [3.05, 3.63) is 48.5 Å². The molecule has 156 valence electrons. The highest BCUT2D eigenvalue weighted by Gasteiger charge is 2.36. The van der Waals surface area contributed by atoms with Crippen molar-refractivity contribution < 1.29 is 26.4 Å². The Balaban J connectivity index is 1.64. The van der Waals surface area contributed by atoms with Gasteiger partial charge < -0.3 is 10.1 Å². The number of sulfonamides is 1. The summed E-state index contributed by atoms with van der Waals surface area (Å²) < 4.78 is 53.5. The maximum absolute atomic E-state index is 12.5. The molecule has 1 aliphatic heterocycles. The molecule has 0 radical (unpaired) electrons. The molecule has 0 spiro atoms. The van der Waals surface area contributed by atoms with E-state index in [0.717, 1.165) is 12.5 Å². The van der Waals surface area contributed by atoms with Crippen molar-refractivity contribution in [1.82, 2.24) is 4.31 Å². The van der Waals surface area contributed by atoms with Gasteiger partial charge in [0.25, 0.3) is 0 Å². The van der Waals surface area contributed by atoms with E-state index in [-0.39, 0.29) is 10.8 Å². The lowest BCUT2D eigenvalue weighted by Gasteiger charge is -2.21. The third-order valence-corrected chi connectivity index (χ3v) is 6.96. The van der Waals surface area contributed by atoms with Gasteiger partial charge in [-0.1, -0.05) is 0 Å². The normalized spacial score (nSPS) is 17.8. The van der Waals surface area contributed by atoms with Gasteiger partial charge >= 0.3 is 0 Å². The Morgan fingerprint density at radius 1 is 0.966 bits per heavy atom. The Morgan fingerprint density at radius 2 is 1.52 bits per heavy atom. The fourth-order valence-corrected chi connectivity index (χ4v) is 4.88. The van der Waals surface area contributed by atoms with Gasteiger partial charge in [-0.2, -0.15) is 4.31 Å². The van der Waals surface area contributed by atoms with E-state index in [1.165, 1.54) is 16.4 Å². The Morgan fingerprint density at radius 3 is 2.03 bits per heavy atom. The van der Waals surface area contributed by atoms with Crippen LogP contribution in [0.3, 0.4) is 0 Å². The van der Waals surface area contributed by atoms with E-state index in [2.05, 4.69) is 5.32 Å². The van der Waals surface area contributed by atoms with Crippen molar-refractivity contribution in [2.45, 2.75) is 23.8 Å². The molecule has 0 saturated carbocycles. The first kappa shape index (κ1) is 21.3. The summed E-state index contributed by atoms with van der Waals surface area (Å²) in [4.78, 5) is 12.7. The van der Waals surface area contributed by atoms with Gasteiger partial charge in [0.05, 0.1) is 11.2 Å². The number of nitrogens with zero attached hydrogens (tertiary/aromatic N) is 1. The number of amides is 1. The zero-order valence-electron chi connectivity index (χ0n) is 16.0. The molecule has 3 rings (SSSR count). The fourth-order valence-electron chi connectivity index (χ4n) is 3.12. The molecule has 1 saturated heterocycles. The summed E-state index contributed by atoms with van der Waals surface area (Å²) in [6, 6.07) is 12.0. The van der Waals surface area contributed by atoms with E-state index in [4.69, 9.17) is 4.74 Å². The van der Waals surface area contributed by atoms with Crippen molar-refractivity contribution in [2.24, 2.45) is 0 Å². The number of carbonyl (C=O) groups excluding carboxylic acids is 1. The summed E-state index contributed by atoms with van der Waals surface area (Å²) in [6.07, 6.45) is 3.38. The van der Waals surface area contributed by atoms with Gasteiger partial charge in [-0.25, -0.2) is 16.8 Å². The minimum absolute atomic E-state index is 0.206. The first-order valence-corrected chi connectivity index (χ1v) is 12.6. The minimum atomic E-state index is -3.43. The lowest BCUT2D eigenvalue weighted by atomic mass is 10.2. The van der Waals surface area contributed by atoms with E-state index >= 15 is 0 Å². The van der Waals surface area contributed by atoms with Crippen LogP contribution in [0.1, 0.15) is 12.8 Å². The summed E-state index contributed by atoms with van der Waals surface area (Å²) in [5.74, 6) is 0.621. The van der Waals surface area contributed by atoms with E-state index in [0.29, 0.717) is 36.6 Å². The molecular weight excluding hydrogens is 416 g/mol. The van der Waals surface area contributed by atoms with Crippen molar-refractivity contribution in [3.8, 4) is 11.5 Å². The Bertz CT molecular complexity index is 1090. The van der Waals surface area contributed by atoms with Crippen LogP contribution in [-0.4, -0.2) is 52.1 Å². The number of ether oxygens (including phenoxy) is 1. The molecule has 8 nitrogen and oxygen atoms in total. The van der Waals surface area contributed by atoms with Gasteiger partial charge in [-0.15, -0.1) is 0 Å². The van der Waals surface area contributed by atoms with Crippen molar-refractivity contribution in [2.75, 3.05) is 24.4 Å². The topological polar surface area (TPSA) is 110 Å². The number of anilines is 1. The molecule has 2 aromatic carbocycles. The maximum Gasteiger partial charge on any atom is 0.242 e. The van der Waals surface area contributed by atoms with Crippen LogP contribution in [-0.2, 0) is 24.7 Å². The molecule has 2 aromatic rings. The number of carbonyl (C=O) groups is 1. The van der Waals surface area contributed by atoms with Crippen LogP contribution >= 0.6 is 0 Å². The zero-order valence-corrected chi connectivity index (χ0v) is 17.7. The van der Waals surface area contributed by atoms with Gasteiger partial charge in [0, 0.05) is 18.5 Å². The molecule has 1 N–H and O–H groups in total. The third kappa shape index (κ3) is 5.34. The zero-order chi connectivity index (χ0) is 21.2. The molecular formula is C19H22N2O6S2. The standard InChI is InChI=1S/C19H22N2O6S2/c1-28(23,24)17-11-9-16(10-12-17)27-15-7-5-14(6-8-15)20-19(22)18-4-3-13-21(18)29(2,25)26/h5-12,18H,3-4,13H2,1-2H3,(H,20,22). The number of rotatable bonds is 6. The molecule has 1 amide bonds. The van der Waals surface area contributed by atoms with E-state index in [9.17, 15) is 21.6 Å². The summed E-state index contributed by atoms with van der Waals surface area (Å²) in [5.41, 5.74) is 0.523. The molecule has 0 aliphatic carbocycles. The van der Waals surface area contributed by atoms with Crippen LogP contribution in [0.2, 0.25) is 0 Å². The monoisotopic (exact) mass is 438 g/mol. The molecule has 0 bridgehead atoms. The highest BCUT2D eigenvalue weighted by atomic mass is 32.2. The van der Waals surface area contributed by atoms with Gasteiger partial charge in [-0.3, -0.25) is 4.79 Å². The van der Waals surface area contributed by atoms with Crippen molar-refractivity contribution in [1.29, 1.82) is 0 Å². The number of hydrogen-bond donors (Lipinski definition) is 1. The second kappa shape index (κ2) is 8.13. The second-order valence-corrected chi connectivity index (χ2v) is 10.8. The van der Waals surface area contributed by atoms with Crippen LogP contribution in [0.25, 0.3) is 0 Å². The van der Waals surface area contributed by atoms with Crippen LogP contribution in [0, 0.1) is 0 Å². The summed E-state index contributed by atoms with van der Waals surface area (Å²) in [6.45, 7) is 0.349. The van der Waals surface area contributed by atoms with E-state index in [1.54, 1.807) is 36.4 Å². The van der Waals surface area contributed by atoms with Gasteiger partial charge in [0.2, 0.25) is 15.9 Å². The smallest absolute Gasteiger partial charge is 0.242 e. The Labute approximate surface area is 170 Å². The Kier molecular flexibility index (Phi) is 5.97. The molecule has 1 unspecified atom stereocenters. The first-order chi connectivity index (χ1) is 13.5. The summed E-state index contributed by atoms with van der Waals surface area (Å²) in [7, 11) is -6.69. The molecule has 10 heteroatoms. The number of benzene rings is 2. The average molecular weight is 439 g/mol. The van der Waals surface area contributed by atoms with Crippen LogP contribution < -0.4 is 10.1 Å². The first-order valence-electron chi connectivity index (χ1n) is 8.90. The molecule has 1 heterocycles. The second-order valence-electron chi connectivity index (χ2n) is 6.89. The minimum Gasteiger partial charge on any atom is -0.457 e. The molecule has 1 fully saturated rings.